The van der Waals surface area contributed by atoms with Crippen LogP contribution in [0.25, 0.3) is 0 Å². The Bertz CT molecular complexity index is 205. The first-order valence-electron chi connectivity index (χ1n) is 4.03. The standard InChI is InChI=1S/C10H16N2O/c1-5-9(6-2)11-13-12-10(7-3)8-4/h5-8,11-12H,1,3H2,2,4H3/b9-6+,10-8+. The maximum atomic E-state index is 4.94. The summed E-state index contributed by atoms with van der Waals surface area (Å²) < 4.78 is 0. The summed E-state index contributed by atoms with van der Waals surface area (Å²) in [4.78, 5) is 4.94. The topological polar surface area (TPSA) is 33.3 Å². The van der Waals surface area contributed by atoms with E-state index in [0.717, 1.165) is 11.4 Å². The molecule has 0 saturated heterocycles. The van der Waals surface area contributed by atoms with Gasteiger partial charge in [-0.2, -0.15) is 4.94 Å². The van der Waals surface area contributed by atoms with Crippen molar-refractivity contribution in [3.8, 4) is 0 Å². The van der Waals surface area contributed by atoms with E-state index in [4.69, 9.17) is 4.94 Å². The molecule has 0 amide bonds. The van der Waals surface area contributed by atoms with Crippen LogP contribution in [0.15, 0.2) is 48.9 Å². The third kappa shape index (κ3) is 4.87. The minimum Gasteiger partial charge on any atom is -0.242 e. The van der Waals surface area contributed by atoms with Crippen molar-refractivity contribution in [2.45, 2.75) is 13.8 Å². The molecule has 0 unspecified atom stereocenters. The van der Waals surface area contributed by atoms with Crippen LogP contribution in [0.5, 0.6) is 0 Å². The Morgan fingerprint density at radius 3 is 1.62 bits per heavy atom. The quantitative estimate of drug-likeness (QED) is 0.485. The highest BCUT2D eigenvalue weighted by atomic mass is 16.8. The summed E-state index contributed by atoms with van der Waals surface area (Å²) in [5, 5.41) is 0. The summed E-state index contributed by atoms with van der Waals surface area (Å²) in [6, 6.07) is 0. The van der Waals surface area contributed by atoms with Crippen molar-refractivity contribution in [2.24, 2.45) is 0 Å². The highest BCUT2D eigenvalue weighted by molar-refractivity contribution is 5.12. The fourth-order valence-electron chi connectivity index (χ4n) is 0.580. The van der Waals surface area contributed by atoms with Crippen LogP contribution < -0.4 is 11.0 Å². The lowest BCUT2D eigenvalue weighted by molar-refractivity contribution is 0.00145. The number of hydroxylamine groups is 2. The molecule has 0 heterocycles. The van der Waals surface area contributed by atoms with Crippen molar-refractivity contribution in [3.63, 3.8) is 0 Å². The fraction of sp³-hybridized carbons (Fsp3) is 0.200. The summed E-state index contributed by atoms with van der Waals surface area (Å²) in [6.45, 7) is 11.0. The maximum absolute atomic E-state index is 4.94. The Morgan fingerprint density at radius 1 is 1.00 bits per heavy atom. The van der Waals surface area contributed by atoms with Gasteiger partial charge in [0.1, 0.15) is 0 Å². The molecule has 0 aromatic heterocycles. The molecular weight excluding hydrogens is 164 g/mol. The normalized spacial score (nSPS) is 12.2. The lowest BCUT2D eigenvalue weighted by Crippen LogP contribution is -2.23. The number of allylic oxidation sites excluding steroid dienone is 4. The molecule has 0 radical (unpaired) electrons. The van der Waals surface area contributed by atoms with E-state index in [0.29, 0.717) is 0 Å². The van der Waals surface area contributed by atoms with Crippen LogP contribution in [0.2, 0.25) is 0 Å². The van der Waals surface area contributed by atoms with Crippen molar-refractivity contribution < 1.29 is 4.94 Å². The van der Waals surface area contributed by atoms with Gasteiger partial charge < -0.3 is 0 Å². The van der Waals surface area contributed by atoms with Crippen molar-refractivity contribution >= 4 is 0 Å². The molecule has 3 nitrogen and oxygen atoms in total. The first-order valence-corrected chi connectivity index (χ1v) is 4.03. The third-order valence-corrected chi connectivity index (χ3v) is 1.40. The largest absolute Gasteiger partial charge is 0.242 e. The van der Waals surface area contributed by atoms with Crippen molar-refractivity contribution in [1.82, 2.24) is 11.0 Å². The molecule has 72 valence electrons. The third-order valence-electron chi connectivity index (χ3n) is 1.40. The smallest absolute Gasteiger partial charge is 0.0580 e. The summed E-state index contributed by atoms with van der Waals surface area (Å²) in [6.07, 6.45) is 7.01. The highest BCUT2D eigenvalue weighted by Crippen LogP contribution is 1.91. The van der Waals surface area contributed by atoms with Gasteiger partial charge in [-0.3, -0.25) is 0 Å². The zero-order valence-corrected chi connectivity index (χ0v) is 8.13. The van der Waals surface area contributed by atoms with Crippen molar-refractivity contribution in [1.29, 1.82) is 0 Å². The van der Waals surface area contributed by atoms with Gasteiger partial charge in [-0.1, -0.05) is 25.3 Å². The van der Waals surface area contributed by atoms with E-state index >= 15 is 0 Å². The van der Waals surface area contributed by atoms with E-state index in [1.807, 2.05) is 26.0 Å². The summed E-state index contributed by atoms with van der Waals surface area (Å²) in [5.41, 5.74) is 6.92. The first-order chi connectivity index (χ1) is 6.28. The van der Waals surface area contributed by atoms with Crippen LogP contribution in [-0.4, -0.2) is 0 Å². The van der Waals surface area contributed by atoms with Crippen LogP contribution in [-0.2, 0) is 4.94 Å². The summed E-state index contributed by atoms with van der Waals surface area (Å²) >= 11 is 0. The van der Waals surface area contributed by atoms with Gasteiger partial charge in [0.25, 0.3) is 0 Å². The van der Waals surface area contributed by atoms with Gasteiger partial charge in [-0.15, -0.1) is 0 Å². The molecule has 0 atom stereocenters. The van der Waals surface area contributed by atoms with Crippen LogP contribution in [0.1, 0.15) is 13.8 Å². The maximum Gasteiger partial charge on any atom is 0.0580 e. The van der Waals surface area contributed by atoms with Crippen LogP contribution in [0.4, 0.5) is 0 Å². The molecule has 0 aliphatic carbocycles. The Labute approximate surface area is 79.4 Å². The minimum absolute atomic E-state index is 0.798. The Morgan fingerprint density at radius 2 is 1.38 bits per heavy atom. The first kappa shape index (κ1) is 11.5. The average Bonchev–Trinajstić information content (AvgIpc) is 2.19. The average molecular weight is 180 g/mol. The van der Waals surface area contributed by atoms with Gasteiger partial charge in [0.15, 0.2) is 0 Å². The zero-order valence-electron chi connectivity index (χ0n) is 8.13. The molecule has 0 aromatic carbocycles. The van der Waals surface area contributed by atoms with Gasteiger partial charge in [-0.25, -0.2) is 11.0 Å². The molecule has 0 saturated carbocycles. The van der Waals surface area contributed by atoms with Gasteiger partial charge in [0.05, 0.1) is 11.4 Å². The molecular formula is C10H16N2O. The number of hydrogen-bond donors (Lipinski definition) is 2. The van der Waals surface area contributed by atoms with Gasteiger partial charge in [-0.05, 0) is 26.0 Å². The molecule has 0 rings (SSSR count). The number of nitrogens with one attached hydrogen (secondary N) is 2. The number of hydrogen-bond acceptors (Lipinski definition) is 3. The molecule has 0 aromatic rings. The van der Waals surface area contributed by atoms with Crippen LogP contribution >= 0.6 is 0 Å². The van der Waals surface area contributed by atoms with Crippen molar-refractivity contribution in [2.75, 3.05) is 0 Å². The van der Waals surface area contributed by atoms with E-state index < -0.39 is 0 Å². The predicted octanol–water partition coefficient (Wildman–Crippen LogP) is 2.19. The number of rotatable bonds is 6. The molecule has 0 aliphatic rings. The summed E-state index contributed by atoms with van der Waals surface area (Å²) in [7, 11) is 0. The van der Waals surface area contributed by atoms with Crippen LogP contribution in [0.3, 0.4) is 0 Å². The lowest BCUT2D eigenvalue weighted by Gasteiger charge is -2.08. The highest BCUT2D eigenvalue weighted by Gasteiger charge is 1.89. The molecule has 0 fully saturated rings. The SMILES string of the molecule is C=C/C(=C\C)NON/C(C=C)=C/C. The zero-order chi connectivity index (χ0) is 10.1. The van der Waals surface area contributed by atoms with E-state index in [1.54, 1.807) is 12.2 Å². The van der Waals surface area contributed by atoms with E-state index in [9.17, 15) is 0 Å². The van der Waals surface area contributed by atoms with E-state index in [1.165, 1.54) is 0 Å². The monoisotopic (exact) mass is 180 g/mol. The van der Waals surface area contributed by atoms with Crippen LogP contribution in [0, 0.1) is 0 Å². The Balaban J connectivity index is 3.79. The molecule has 0 aliphatic heterocycles. The van der Waals surface area contributed by atoms with Gasteiger partial charge >= 0.3 is 0 Å². The molecule has 3 heteroatoms. The predicted molar refractivity (Wildman–Crippen MR) is 55.3 cm³/mol. The molecule has 0 bridgehead atoms. The second-order valence-electron chi connectivity index (χ2n) is 2.20. The van der Waals surface area contributed by atoms with E-state index in [-0.39, 0.29) is 0 Å². The Hall–Kier alpha value is -1.48. The lowest BCUT2D eigenvalue weighted by atomic mass is 10.4. The molecule has 13 heavy (non-hydrogen) atoms. The second kappa shape index (κ2) is 7.18. The fourth-order valence-corrected chi connectivity index (χ4v) is 0.580. The Kier molecular flexibility index (Phi) is 6.37. The van der Waals surface area contributed by atoms with E-state index in [2.05, 4.69) is 24.1 Å². The molecule has 0 spiro atoms. The van der Waals surface area contributed by atoms with Gasteiger partial charge in [0, 0.05) is 0 Å². The van der Waals surface area contributed by atoms with Crippen molar-refractivity contribution in [3.05, 3.63) is 48.9 Å². The minimum atomic E-state index is 0.798. The molecule has 2 N–H and O–H groups in total. The second-order valence-corrected chi connectivity index (χ2v) is 2.20. The summed E-state index contributed by atoms with van der Waals surface area (Å²) in [5.74, 6) is 0. The van der Waals surface area contributed by atoms with Gasteiger partial charge in [0.2, 0.25) is 0 Å².